The van der Waals surface area contributed by atoms with E-state index in [1.54, 1.807) is 30.7 Å². The smallest absolute Gasteiger partial charge is 0.223 e. The van der Waals surface area contributed by atoms with E-state index in [0.717, 1.165) is 11.4 Å². The molecule has 2 aromatic rings. The van der Waals surface area contributed by atoms with E-state index in [1.165, 1.54) is 16.8 Å². The van der Waals surface area contributed by atoms with Gasteiger partial charge in [0.05, 0.1) is 8.07 Å². The third-order valence-corrected chi connectivity index (χ3v) is 8.87. The van der Waals surface area contributed by atoms with Crippen molar-refractivity contribution >= 4 is 36.4 Å². The van der Waals surface area contributed by atoms with Gasteiger partial charge in [-0.2, -0.15) is 0 Å². The van der Waals surface area contributed by atoms with Gasteiger partial charge in [0.25, 0.3) is 0 Å². The van der Waals surface area contributed by atoms with Crippen molar-refractivity contribution in [1.82, 2.24) is 0 Å². The molecule has 2 aromatic carbocycles. The molecular formula is C24H38N2O2Si. The molecule has 0 radical (unpaired) electrons. The summed E-state index contributed by atoms with van der Waals surface area (Å²) in [5, 5.41) is 1.42. The molecular weight excluding hydrogens is 376 g/mol. The van der Waals surface area contributed by atoms with Crippen LogP contribution in [0.4, 0.5) is 11.4 Å². The minimum absolute atomic E-state index is 0. The number of carbonyl (C=O) groups is 2. The monoisotopic (exact) mass is 414 g/mol. The minimum atomic E-state index is -1.30. The van der Waals surface area contributed by atoms with Crippen LogP contribution in [-0.4, -0.2) is 34.0 Å². The molecule has 0 saturated carbocycles. The summed E-state index contributed by atoms with van der Waals surface area (Å²) >= 11 is 0. The molecule has 0 bridgehead atoms. The van der Waals surface area contributed by atoms with E-state index in [1.807, 2.05) is 44.3 Å². The third-order valence-electron chi connectivity index (χ3n) is 5.23. The first-order valence-corrected chi connectivity index (χ1v) is 12.9. The molecule has 0 saturated heterocycles. The molecule has 0 fully saturated rings. The average molecular weight is 415 g/mol. The van der Waals surface area contributed by atoms with Crippen LogP contribution >= 0.6 is 0 Å². The molecule has 2 rings (SSSR count). The molecule has 0 aliphatic rings. The Morgan fingerprint density at radius 2 is 1.31 bits per heavy atom. The van der Waals surface area contributed by atoms with Gasteiger partial charge in [0, 0.05) is 39.3 Å². The van der Waals surface area contributed by atoms with Crippen LogP contribution in [0, 0.1) is 6.92 Å². The molecule has 0 heterocycles. The van der Waals surface area contributed by atoms with Crippen molar-refractivity contribution in [3.05, 3.63) is 54.1 Å². The summed E-state index contributed by atoms with van der Waals surface area (Å²) in [6.45, 7) is 12.1. The topological polar surface area (TPSA) is 40.6 Å². The number of nitrogens with zero attached hydrogens (tertiary/aromatic N) is 2. The number of carbonyl (C=O) groups excluding carboxylic acids is 2. The largest absolute Gasteiger partial charge is 0.316 e. The van der Waals surface area contributed by atoms with Crippen molar-refractivity contribution in [1.29, 1.82) is 0 Å². The molecule has 5 heteroatoms. The van der Waals surface area contributed by atoms with Crippen LogP contribution in [0.5, 0.6) is 0 Å². The Balaban J connectivity index is 0.000000542. The standard InChI is InChI=1S/C13H21NOSi.C10H13NO.CH4/c1-6-16(4,5)13-9-7-8-12(10-13)14(3)11(2)15;1-8-5-4-6-10(7-8)11(3)9(2)12;/h7-10H,6H2,1-5H3;4-7H,1-3H3;1H4. The first kappa shape index (κ1) is 26.6. The van der Waals surface area contributed by atoms with Crippen LogP contribution in [0.1, 0.15) is 33.8 Å². The molecule has 2 amide bonds. The minimum Gasteiger partial charge on any atom is -0.316 e. The lowest BCUT2D eigenvalue weighted by atomic mass is 10.2. The van der Waals surface area contributed by atoms with E-state index >= 15 is 0 Å². The van der Waals surface area contributed by atoms with Crippen molar-refractivity contribution in [2.45, 2.75) is 54.3 Å². The van der Waals surface area contributed by atoms with Gasteiger partial charge in [0.2, 0.25) is 11.8 Å². The molecule has 0 aliphatic carbocycles. The van der Waals surface area contributed by atoms with E-state index in [0.29, 0.717) is 0 Å². The highest BCUT2D eigenvalue weighted by Gasteiger charge is 2.21. The van der Waals surface area contributed by atoms with Crippen LogP contribution < -0.4 is 15.0 Å². The van der Waals surface area contributed by atoms with Gasteiger partial charge in [0.1, 0.15) is 0 Å². The van der Waals surface area contributed by atoms with Crippen LogP contribution in [0.3, 0.4) is 0 Å². The van der Waals surface area contributed by atoms with Crippen molar-refractivity contribution in [2.24, 2.45) is 0 Å². The molecule has 160 valence electrons. The molecule has 0 atom stereocenters. The van der Waals surface area contributed by atoms with Crippen LogP contribution in [0.15, 0.2) is 48.5 Å². The molecule has 0 aliphatic heterocycles. The van der Waals surface area contributed by atoms with E-state index in [-0.39, 0.29) is 19.2 Å². The second kappa shape index (κ2) is 11.6. The van der Waals surface area contributed by atoms with Gasteiger partial charge in [-0.3, -0.25) is 9.59 Å². The average Bonchev–Trinajstić information content (AvgIpc) is 2.67. The van der Waals surface area contributed by atoms with Gasteiger partial charge >= 0.3 is 0 Å². The number of hydrogen-bond acceptors (Lipinski definition) is 2. The third kappa shape index (κ3) is 7.85. The van der Waals surface area contributed by atoms with E-state index < -0.39 is 8.07 Å². The number of benzene rings is 2. The van der Waals surface area contributed by atoms with Crippen molar-refractivity contribution in [2.75, 3.05) is 23.9 Å². The summed E-state index contributed by atoms with van der Waals surface area (Å²) in [7, 11) is 2.29. The first-order valence-electron chi connectivity index (χ1n) is 9.65. The van der Waals surface area contributed by atoms with Gasteiger partial charge in [-0.15, -0.1) is 0 Å². The molecule has 0 aromatic heterocycles. The van der Waals surface area contributed by atoms with E-state index in [9.17, 15) is 9.59 Å². The Morgan fingerprint density at radius 1 is 0.862 bits per heavy atom. The number of hydrogen-bond donors (Lipinski definition) is 0. The summed E-state index contributed by atoms with van der Waals surface area (Å²) < 4.78 is 0. The Kier molecular flexibility index (Phi) is 10.6. The van der Waals surface area contributed by atoms with Crippen LogP contribution in [0.2, 0.25) is 19.1 Å². The number of rotatable bonds is 4. The fourth-order valence-electron chi connectivity index (χ4n) is 2.54. The van der Waals surface area contributed by atoms with Gasteiger partial charge in [-0.25, -0.2) is 0 Å². The normalized spacial score (nSPS) is 10.2. The maximum Gasteiger partial charge on any atom is 0.223 e. The summed E-state index contributed by atoms with van der Waals surface area (Å²) in [4.78, 5) is 25.6. The zero-order valence-electron chi connectivity index (χ0n) is 18.5. The van der Waals surface area contributed by atoms with E-state index in [2.05, 4.69) is 38.2 Å². The molecule has 0 spiro atoms. The van der Waals surface area contributed by atoms with Gasteiger partial charge in [-0.1, -0.05) is 62.9 Å². The van der Waals surface area contributed by atoms with Gasteiger partial charge in [0.15, 0.2) is 0 Å². The SMILES string of the molecule is C.CC(=O)N(C)c1cccc(C)c1.CC[Si](C)(C)c1cccc(N(C)C(C)=O)c1. The number of anilines is 2. The fraction of sp³-hybridized carbons (Fsp3) is 0.417. The predicted octanol–water partition coefficient (Wildman–Crippen LogP) is 5.22. The summed E-state index contributed by atoms with van der Waals surface area (Å²) in [6, 6.07) is 17.5. The Morgan fingerprint density at radius 3 is 1.72 bits per heavy atom. The zero-order chi connectivity index (χ0) is 21.5. The number of aryl methyl sites for hydroxylation is 1. The second-order valence-corrected chi connectivity index (χ2v) is 12.8. The fourth-order valence-corrected chi connectivity index (χ4v) is 4.03. The Labute approximate surface area is 178 Å². The predicted molar refractivity (Wildman–Crippen MR) is 130 cm³/mol. The maximum atomic E-state index is 11.3. The van der Waals surface area contributed by atoms with Gasteiger partial charge in [-0.05, 0) is 36.8 Å². The molecule has 29 heavy (non-hydrogen) atoms. The number of amides is 2. The summed E-state index contributed by atoms with van der Waals surface area (Å²) in [6.07, 6.45) is 0. The molecule has 0 unspecified atom stereocenters. The highest BCUT2D eigenvalue weighted by atomic mass is 28.3. The first-order chi connectivity index (χ1) is 13.0. The van der Waals surface area contributed by atoms with Crippen molar-refractivity contribution in [3.63, 3.8) is 0 Å². The van der Waals surface area contributed by atoms with Crippen molar-refractivity contribution < 1.29 is 9.59 Å². The Bertz CT molecular complexity index is 818. The van der Waals surface area contributed by atoms with E-state index in [4.69, 9.17) is 0 Å². The Hall–Kier alpha value is -2.40. The molecule has 4 nitrogen and oxygen atoms in total. The lowest BCUT2D eigenvalue weighted by Gasteiger charge is -2.23. The lowest BCUT2D eigenvalue weighted by molar-refractivity contribution is -0.117. The lowest BCUT2D eigenvalue weighted by Crippen LogP contribution is -2.40. The molecule has 0 N–H and O–H groups in total. The summed E-state index contributed by atoms with van der Waals surface area (Å²) in [5.74, 6) is 0.133. The highest BCUT2D eigenvalue weighted by molar-refractivity contribution is 6.89. The second-order valence-electron chi connectivity index (χ2n) is 7.78. The van der Waals surface area contributed by atoms with Gasteiger partial charge < -0.3 is 9.80 Å². The maximum absolute atomic E-state index is 11.3. The summed E-state index contributed by atoms with van der Waals surface area (Å²) in [5.41, 5.74) is 3.11. The van der Waals surface area contributed by atoms with Crippen molar-refractivity contribution in [3.8, 4) is 0 Å². The zero-order valence-corrected chi connectivity index (χ0v) is 19.5. The van der Waals surface area contributed by atoms with Crippen LogP contribution in [-0.2, 0) is 9.59 Å². The quantitative estimate of drug-likeness (QED) is 0.644. The van der Waals surface area contributed by atoms with Crippen LogP contribution in [0.25, 0.3) is 0 Å². The highest BCUT2D eigenvalue weighted by Crippen LogP contribution is 2.15.